The van der Waals surface area contributed by atoms with Crippen LogP contribution in [0, 0.1) is 0 Å². The second kappa shape index (κ2) is 7.90. The number of carboxylic acid groups (broad SMARTS) is 1. The van der Waals surface area contributed by atoms with Crippen LogP contribution in [-0.2, 0) is 19.5 Å². The molecule has 0 aromatic carbocycles. The molecule has 0 aliphatic heterocycles. The van der Waals surface area contributed by atoms with Gasteiger partial charge >= 0.3 is 5.97 Å². The lowest BCUT2D eigenvalue weighted by atomic mass is 10.5. The summed E-state index contributed by atoms with van der Waals surface area (Å²) in [6.07, 6.45) is -0.723. The SMILES string of the molecule is CCOC(CNS(=O)(=O)c1cc(C(=O)O)oc1Br)OCC. The Kier molecular flexibility index (Phi) is 6.81. The van der Waals surface area contributed by atoms with E-state index in [9.17, 15) is 13.2 Å². The molecule has 0 radical (unpaired) electrons. The van der Waals surface area contributed by atoms with Gasteiger partial charge in [-0.05, 0) is 29.8 Å². The Morgan fingerprint density at radius 1 is 1.43 bits per heavy atom. The van der Waals surface area contributed by atoms with E-state index in [4.69, 9.17) is 19.0 Å². The van der Waals surface area contributed by atoms with Gasteiger partial charge in [0.05, 0.1) is 6.54 Å². The molecular formula is C11H16BrNO7S. The molecule has 0 spiro atoms. The fourth-order valence-electron chi connectivity index (χ4n) is 1.43. The summed E-state index contributed by atoms with van der Waals surface area (Å²) in [6.45, 7) is 4.14. The summed E-state index contributed by atoms with van der Waals surface area (Å²) < 4.78 is 41.5. The monoisotopic (exact) mass is 385 g/mol. The van der Waals surface area contributed by atoms with E-state index in [0.717, 1.165) is 6.07 Å². The third-order valence-electron chi connectivity index (χ3n) is 2.30. The van der Waals surface area contributed by atoms with E-state index in [1.54, 1.807) is 13.8 Å². The van der Waals surface area contributed by atoms with Gasteiger partial charge in [0.2, 0.25) is 15.8 Å². The van der Waals surface area contributed by atoms with Gasteiger partial charge in [-0.2, -0.15) is 0 Å². The maximum atomic E-state index is 12.1. The number of rotatable bonds is 9. The lowest BCUT2D eigenvalue weighted by Crippen LogP contribution is -2.35. The Morgan fingerprint density at radius 2 is 2.00 bits per heavy atom. The molecule has 0 fully saturated rings. The predicted molar refractivity (Wildman–Crippen MR) is 75.6 cm³/mol. The van der Waals surface area contributed by atoms with Crippen molar-refractivity contribution in [2.24, 2.45) is 0 Å². The summed E-state index contributed by atoms with van der Waals surface area (Å²) in [5.41, 5.74) is 0. The minimum Gasteiger partial charge on any atom is -0.475 e. The largest absolute Gasteiger partial charge is 0.475 e. The van der Waals surface area contributed by atoms with Gasteiger partial charge in [-0.25, -0.2) is 17.9 Å². The predicted octanol–water partition coefficient (Wildman–Crippen LogP) is 1.42. The van der Waals surface area contributed by atoms with Crippen LogP contribution in [0.2, 0.25) is 0 Å². The Hall–Kier alpha value is -0.940. The molecule has 0 bridgehead atoms. The van der Waals surface area contributed by atoms with Gasteiger partial charge in [0.25, 0.3) is 0 Å². The van der Waals surface area contributed by atoms with Crippen LogP contribution in [0.15, 0.2) is 20.0 Å². The molecule has 2 N–H and O–H groups in total. The van der Waals surface area contributed by atoms with Crippen molar-refractivity contribution < 1.29 is 32.2 Å². The fraction of sp³-hybridized carbons (Fsp3) is 0.545. The van der Waals surface area contributed by atoms with Crippen LogP contribution in [0.1, 0.15) is 24.4 Å². The number of halogens is 1. The van der Waals surface area contributed by atoms with E-state index in [-0.39, 0.29) is 16.1 Å². The molecule has 0 amide bonds. The van der Waals surface area contributed by atoms with Crippen LogP contribution in [0.3, 0.4) is 0 Å². The zero-order valence-corrected chi connectivity index (χ0v) is 13.9. The fourth-order valence-corrected chi connectivity index (χ4v) is 3.39. The standard InChI is InChI=1S/C11H16BrNO7S/c1-3-18-9(19-4-2)6-13-21(16,17)8-5-7(11(14)15)20-10(8)12/h5,9,13H,3-4,6H2,1-2H3,(H,14,15). The van der Waals surface area contributed by atoms with Crippen LogP contribution >= 0.6 is 15.9 Å². The molecule has 0 saturated heterocycles. The Morgan fingerprint density at radius 3 is 2.43 bits per heavy atom. The number of hydrogen-bond acceptors (Lipinski definition) is 6. The third kappa shape index (κ3) is 5.08. The summed E-state index contributed by atoms with van der Waals surface area (Å²) in [4.78, 5) is 10.5. The molecule has 120 valence electrons. The molecule has 8 nitrogen and oxygen atoms in total. The first-order valence-corrected chi connectivity index (χ1v) is 8.34. The van der Waals surface area contributed by atoms with Crippen molar-refractivity contribution in [3.63, 3.8) is 0 Å². The first kappa shape index (κ1) is 18.1. The number of aromatic carboxylic acids is 1. The second-order valence-corrected chi connectivity index (χ2v) is 6.20. The summed E-state index contributed by atoms with van der Waals surface area (Å²) in [7, 11) is -3.95. The van der Waals surface area contributed by atoms with Gasteiger partial charge in [-0.15, -0.1) is 0 Å². The van der Waals surface area contributed by atoms with Gasteiger partial charge in [-0.1, -0.05) is 0 Å². The minimum absolute atomic E-state index is 0.107. The van der Waals surface area contributed by atoms with Crippen LogP contribution in [0.25, 0.3) is 0 Å². The van der Waals surface area contributed by atoms with Crippen LogP contribution in [0.4, 0.5) is 0 Å². The quantitative estimate of drug-likeness (QED) is 0.617. The molecule has 0 unspecified atom stereocenters. The van der Waals surface area contributed by atoms with Crippen molar-refractivity contribution in [1.82, 2.24) is 4.72 Å². The number of carbonyl (C=O) groups is 1. The topological polar surface area (TPSA) is 115 Å². The maximum absolute atomic E-state index is 12.1. The molecule has 0 atom stereocenters. The van der Waals surface area contributed by atoms with Crippen molar-refractivity contribution in [3.05, 3.63) is 16.5 Å². The summed E-state index contributed by atoms with van der Waals surface area (Å²) in [6, 6.07) is 0.922. The number of hydrogen-bond donors (Lipinski definition) is 2. The van der Waals surface area contributed by atoms with Crippen LogP contribution in [-0.4, -0.2) is 45.5 Å². The van der Waals surface area contributed by atoms with E-state index < -0.39 is 28.0 Å². The van der Waals surface area contributed by atoms with Gasteiger partial charge in [0.1, 0.15) is 4.90 Å². The van der Waals surface area contributed by atoms with E-state index in [0.29, 0.717) is 13.2 Å². The number of carboxylic acids is 1. The van der Waals surface area contributed by atoms with Gasteiger partial charge in [0.15, 0.2) is 11.0 Å². The highest BCUT2D eigenvalue weighted by atomic mass is 79.9. The molecule has 10 heteroatoms. The Balaban J connectivity index is 2.83. The highest BCUT2D eigenvalue weighted by Crippen LogP contribution is 2.26. The average molecular weight is 386 g/mol. The summed E-state index contributed by atoms with van der Waals surface area (Å²) in [5.74, 6) is -1.84. The maximum Gasteiger partial charge on any atom is 0.371 e. The van der Waals surface area contributed by atoms with E-state index in [1.165, 1.54) is 0 Å². The Labute approximate surface area is 130 Å². The van der Waals surface area contributed by atoms with Crippen molar-refractivity contribution in [2.75, 3.05) is 19.8 Å². The van der Waals surface area contributed by atoms with Crippen molar-refractivity contribution in [1.29, 1.82) is 0 Å². The molecule has 0 aliphatic rings. The molecule has 1 rings (SSSR count). The summed E-state index contributed by atoms with van der Waals surface area (Å²) >= 11 is 2.88. The first-order chi connectivity index (χ1) is 9.81. The van der Waals surface area contributed by atoms with Crippen LogP contribution < -0.4 is 4.72 Å². The number of sulfonamides is 1. The zero-order valence-electron chi connectivity index (χ0n) is 11.5. The van der Waals surface area contributed by atoms with Crippen molar-refractivity contribution in [3.8, 4) is 0 Å². The summed E-state index contributed by atoms with van der Waals surface area (Å²) in [5, 5.41) is 8.78. The average Bonchev–Trinajstić information content (AvgIpc) is 2.80. The second-order valence-electron chi connectivity index (χ2n) is 3.75. The van der Waals surface area contributed by atoms with E-state index in [1.807, 2.05) is 0 Å². The van der Waals surface area contributed by atoms with Gasteiger partial charge < -0.3 is 19.0 Å². The van der Waals surface area contributed by atoms with Crippen LogP contribution in [0.5, 0.6) is 0 Å². The first-order valence-electron chi connectivity index (χ1n) is 6.07. The number of ether oxygens (including phenoxy) is 2. The molecule has 1 aromatic rings. The molecule has 0 saturated carbocycles. The van der Waals surface area contributed by atoms with Crippen molar-refractivity contribution in [2.45, 2.75) is 25.0 Å². The highest BCUT2D eigenvalue weighted by molar-refractivity contribution is 9.10. The highest BCUT2D eigenvalue weighted by Gasteiger charge is 2.25. The molecule has 0 aliphatic carbocycles. The lowest BCUT2D eigenvalue weighted by Gasteiger charge is -2.17. The van der Waals surface area contributed by atoms with Crippen molar-refractivity contribution >= 4 is 31.9 Å². The molecule has 1 aromatic heterocycles. The zero-order chi connectivity index (χ0) is 16.0. The number of nitrogens with one attached hydrogen (secondary N) is 1. The minimum atomic E-state index is -3.95. The van der Waals surface area contributed by atoms with E-state index in [2.05, 4.69) is 20.7 Å². The van der Waals surface area contributed by atoms with Gasteiger partial charge in [-0.3, -0.25) is 0 Å². The molecular weight excluding hydrogens is 370 g/mol. The molecule has 21 heavy (non-hydrogen) atoms. The smallest absolute Gasteiger partial charge is 0.371 e. The van der Waals surface area contributed by atoms with Gasteiger partial charge in [0, 0.05) is 19.3 Å². The third-order valence-corrected chi connectivity index (χ3v) is 4.58. The number of furan rings is 1. The molecule has 1 heterocycles. The van der Waals surface area contributed by atoms with E-state index >= 15 is 0 Å². The normalized spacial score (nSPS) is 12.0. The Bertz CT molecular complexity index is 577. The lowest BCUT2D eigenvalue weighted by molar-refractivity contribution is -0.130.